The van der Waals surface area contributed by atoms with Crippen molar-refractivity contribution >= 4 is 38.1 Å². The molecule has 8 rings (SSSR count). The molecule has 8 aromatic rings. The zero-order valence-electron chi connectivity index (χ0n) is 25.5. The Labute approximate surface area is 272 Å². The van der Waals surface area contributed by atoms with Crippen LogP contribution in [-0.4, -0.2) is 14.0 Å². The van der Waals surface area contributed by atoms with E-state index in [-0.39, 0.29) is 20.1 Å². The van der Waals surface area contributed by atoms with Crippen LogP contribution in [0.1, 0.15) is 36.5 Å². The van der Waals surface area contributed by atoms with Crippen LogP contribution in [0.3, 0.4) is 0 Å². The van der Waals surface area contributed by atoms with E-state index in [1.807, 2.05) is 18.3 Å². The van der Waals surface area contributed by atoms with E-state index < -0.39 is 0 Å². The second kappa shape index (κ2) is 12.4. The number of hydrogen-bond acceptors (Lipinski definition) is 1. The third-order valence-electron chi connectivity index (χ3n) is 8.40. The van der Waals surface area contributed by atoms with Crippen molar-refractivity contribution in [2.24, 2.45) is 0 Å². The van der Waals surface area contributed by atoms with E-state index in [2.05, 4.69) is 144 Å². The number of nitrogens with zero attached hydrogens (tertiary/aromatic N) is 4. The largest absolute Gasteiger partial charge is 3.00 e. The van der Waals surface area contributed by atoms with Crippen LogP contribution in [0, 0.1) is 39.2 Å². The Hall–Kier alpha value is -4.31. The molecule has 0 spiro atoms. The van der Waals surface area contributed by atoms with Crippen LogP contribution < -0.4 is 4.57 Å². The molecule has 0 atom stereocenters. The van der Waals surface area contributed by atoms with E-state index in [0.29, 0.717) is 0 Å². The first-order chi connectivity index (χ1) is 21.0. The number of imidazole rings is 1. The van der Waals surface area contributed by atoms with Crippen LogP contribution in [0.4, 0.5) is 0 Å². The molecular formula is C39H34IrN4+. The zero-order valence-corrected chi connectivity index (χ0v) is 27.9. The van der Waals surface area contributed by atoms with Crippen molar-refractivity contribution in [2.75, 3.05) is 0 Å². The van der Waals surface area contributed by atoms with Crippen molar-refractivity contribution < 1.29 is 24.7 Å². The summed E-state index contributed by atoms with van der Waals surface area (Å²) >= 11 is 0. The quantitative estimate of drug-likeness (QED) is 0.128. The molecule has 0 bridgehead atoms. The normalized spacial score (nSPS) is 11.3. The first kappa shape index (κ1) is 29.7. The van der Waals surface area contributed by atoms with Crippen LogP contribution in [0.5, 0.6) is 0 Å². The van der Waals surface area contributed by atoms with Gasteiger partial charge >= 0.3 is 20.1 Å². The van der Waals surface area contributed by atoms with Crippen LogP contribution in [0.15, 0.2) is 97.5 Å². The monoisotopic (exact) mass is 751 g/mol. The number of benzene rings is 4. The van der Waals surface area contributed by atoms with Crippen molar-refractivity contribution in [2.45, 2.75) is 47.1 Å². The summed E-state index contributed by atoms with van der Waals surface area (Å²) in [7, 11) is 0. The van der Waals surface area contributed by atoms with E-state index in [1.54, 1.807) is 0 Å². The molecule has 0 amide bonds. The Morgan fingerprint density at radius 2 is 1.66 bits per heavy atom. The molecule has 0 saturated carbocycles. The maximum absolute atomic E-state index is 4.41. The van der Waals surface area contributed by atoms with Crippen LogP contribution in [0.2, 0.25) is 0 Å². The number of hydrogen-bond donors (Lipinski definition) is 0. The van der Waals surface area contributed by atoms with Crippen LogP contribution >= 0.6 is 0 Å². The smallest absolute Gasteiger partial charge is 0.348 e. The van der Waals surface area contributed by atoms with Gasteiger partial charge in [-0.25, -0.2) is 0 Å². The van der Waals surface area contributed by atoms with Gasteiger partial charge in [0, 0.05) is 34.9 Å². The van der Waals surface area contributed by atoms with Crippen LogP contribution in [0.25, 0.3) is 55.0 Å². The molecule has 0 radical (unpaired) electrons. The number of pyridine rings is 1. The van der Waals surface area contributed by atoms with Gasteiger partial charge in [-0.3, -0.25) is 0 Å². The average Bonchev–Trinajstić information content (AvgIpc) is 3.74. The van der Waals surface area contributed by atoms with Crippen molar-refractivity contribution in [3.05, 3.63) is 133 Å². The molecule has 0 fully saturated rings. The Bertz CT molecular complexity index is 2200. The molecular weight excluding hydrogens is 717 g/mol. The summed E-state index contributed by atoms with van der Waals surface area (Å²) in [5.41, 5.74) is 10.6. The number of aromatic nitrogens is 4. The Morgan fingerprint density at radius 3 is 2.45 bits per heavy atom. The van der Waals surface area contributed by atoms with E-state index in [9.17, 15) is 0 Å². The summed E-state index contributed by atoms with van der Waals surface area (Å²) in [6, 6.07) is 34.5. The van der Waals surface area contributed by atoms with Gasteiger partial charge in [0.1, 0.15) is 0 Å². The summed E-state index contributed by atoms with van der Waals surface area (Å²) in [5, 5.41) is 5.13. The first-order valence-electron chi connectivity index (χ1n) is 15.0. The molecule has 4 nitrogen and oxygen atoms in total. The van der Waals surface area contributed by atoms with Crippen molar-refractivity contribution in [3.63, 3.8) is 0 Å². The van der Waals surface area contributed by atoms with E-state index in [4.69, 9.17) is 0 Å². The molecule has 4 aromatic carbocycles. The molecule has 4 aromatic heterocycles. The summed E-state index contributed by atoms with van der Waals surface area (Å²) in [4.78, 5) is 4.41. The van der Waals surface area contributed by atoms with Gasteiger partial charge in [-0.1, -0.05) is 90.3 Å². The molecule has 4 heterocycles. The number of rotatable bonds is 5. The minimum absolute atomic E-state index is 0. The van der Waals surface area contributed by atoms with Gasteiger partial charge in [-0.05, 0) is 37.6 Å². The summed E-state index contributed by atoms with van der Waals surface area (Å²) in [6.45, 7) is 9.46. The topological polar surface area (TPSA) is 26.1 Å². The average molecular weight is 751 g/mol. The molecule has 0 saturated heterocycles. The molecule has 44 heavy (non-hydrogen) atoms. The molecule has 5 heteroatoms. The number of aryl methyl sites for hydroxylation is 4. The van der Waals surface area contributed by atoms with Gasteiger partial charge in [-0.2, -0.15) is 12.1 Å². The standard InChI is InChI=1S/C25H20N3.C14H14N.Ir/c1-2-3-14-26-15-16-27(17-26)22-12-7-13-23-24(22)20-10-6-9-19-18-8-4-5-11-21(18)28(23)25(19)20;1-10-4-6-13(7-5-10)14-8-11(2)12(3)9-15-14;/h4-11,13,15-16H,2-3,14H2,1H3;4-6,8-9H,1-3H3;/q2*-1;+3. The fraction of sp³-hybridized carbons (Fsp3) is 0.179. The third kappa shape index (κ3) is 5.21. The molecule has 0 aliphatic rings. The van der Waals surface area contributed by atoms with Crippen molar-refractivity contribution in [3.8, 4) is 16.9 Å². The van der Waals surface area contributed by atoms with Gasteiger partial charge in [0.25, 0.3) is 0 Å². The van der Waals surface area contributed by atoms with E-state index in [1.165, 1.54) is 67.6 Å². The third-order valence-corrected chi connectivity index (χ3v) is 8.40. The molecule has 218 valence electrons. The summed E-state index contributed by atoms with van der Waals surface area (Å²) in [5.74, 6) is 0. The van der Waals surface area contributed by atoms with Crippen LogP contribution in [-0.2, 0) is 26.7 Å². The summed E-state index contributed by atoms with van der Waals surface area (Å²) in [6.07, 6.45) is 11.9. The molecule has 0 aliphatic carbocycles. The fourth-order valence-electron chi connectivity index (χ4n) is 5.95. The predicted molar refractivity (Wildman–Crippen MR) is 176 cm³/mol. The maximum atomic E-state index is 4.41. The molecule has 0 unspecified atom stereocenters. The van der Waals surface area contributed by atoms with Gasteiger partial charge < -0.3 is 18.5 Å². The molecule has 0 N–H and O–H groups in total. The van der Waals surface area contributed by atoms with Gasteiger partial charge in [0.15, 0.2) is 0 Å². The van der Waals surface area contributed by atoms with E-state index >= 15 is 0 Å². The minimum Gasteiger partial charge on any atom is -0.348 e. The second-order valence-corrected chi connectivity index (χ2v) is 11.4. The number of unbranched alkanes of at least 4 members (excludes halogenated alkanes) is 1. The van der Waals surface area contributed by atoms with E-state index in [0.717, 1.165) is 23.5 Å². The Balaban J connectivity index is 0.000000183. The maximum Gasteiger partial charge on any atom is 3.00 e. The van der Waals surface area contributed by atoms with Gasteiger partial charge in [0.05, 0.1) is 12.1 Å². The predicted octanol–water partition coefficient (Wildman–Crippen LogP) is 8.79. The molecule has 0 aliphatic heterocycles. The SMILES string of the molecule is CCCC[n+]1[c-]n(-c2[c-]ccc3c2c2cccc4c5ccccc5n3c42)cc1.Cc1c[c-]c(-c2cc(C)c(C)cn2)cc1.[Ir+3]. The minimum atomic E-state index is 0. The Morgan fingerprint density at radius 1 is 0.841 bits per heavy atom. The summed E-state index contributed by atoms with van der Waals surface area (Å²) < 4.78 is 6.63. The van der Waals surface area contributed by atoms with Gasteiger partial charge in [0.2, 0.25) is 6.33 Å². The second-order valence-electron chi connectivity index (χ2n) is 11.4. The first-order valence-corrected chi connectivity index (χ1v) is 15.0. The Kier molecular flexibility index (Phi) is 8.35. The zero-order chi connectivity index (χ0) is 29.5. The number of fused-ring (bicyclic) bond motifs is 6. The van der Waals surface area contributed by atoms with Crippen molar-refractivity contribution in [1.82, 2.24) is 14.0 Å². The van der Waals surface area contributed by atoms with Crippen molar-refractivity contribution in [1.29, 1.82) is 0 Å². The number of para-hydroxylation sites is 2. The fourth-order valence-corrected chi connectivity index (χ4v) is 5.95. The van der Waals surface area contributed by atoms with Gasteiger partial charge in [-0.15, -0.1) is 41.5 Å².